The van der Waals surface area contributed by atoms with Gasteiger partial charge in [-0.2, -0.15) is 0 Å². The maximum absolute atomic E-state index is 13.9. The molecule has 54 heavy (non-hydrogen) atoms. The number of carbonyl (C=O) groups is 3. The van der Waals surface area contributed by atoms with Crippen LogP contribution in [0.3, 0.4) is 0 Å². The second-order valence-corrected chi connectivity index (χ2v) is 16.7. The van der Waals surface area contributed by atoms with Crippen molar-refractivity contribution in [2.24, 2.45) is 5.92 Å². The number of hydrogen-bond acceptors (Lipinski definition) is 9. The number of rotatable bonds is 19. The van der Waals surface area contributed by atoms with Gasteiger partial charge in [-0.25, -0.2) is 19.6 Å². The van der Waals surface area contributed by atoms with Gasteiger partial charge in [0, 0.05) is 49.5 Å². The molecule has 4 rings (SSSR count). The first-order valence-electron chi connectivity index (χ1n) is 18.7. The van der Waals surface area contributed by atoms with Gasteiger partial charge in [0.05, 0.1) is 32.7 Å². The number of nitrogens with zero attached hydrogens (tertiary/aromatic N) is 3. The molecule has 11 nitrogen and oxygen atoms in total. The zero-order valence-electron chi connectivity index (χ0n) is 32.5. The highest BCUT2D eigenvalue weighted by Gasteiger charge is 2.31. The average Bonchev–Trinajstić information content (AvgIpc) is 3.83. The van der Waals surface area contributed by atoms with Crippen LogP contribution in [0.5, 0.6) is 0 Å². The quantitative estimate of drug-likeness (QED) is 0.0797. The molecule has 292 valence electrons. The van der Waals surface area contributed by atoms with E-state index in [2.05, 4.69) is 53.6 Å². The van der Waals surface area contributed by atoms with Crippen LogP contribution in [0.2, 0.25) is 0 Å². The first kappa shape index (κ1) is 42.4. The van der Waals surface area contributed by atoms with Gasteiger partial charge in [0.2, 0.25) is 5.91 Å². The third-order valence-corrected chi connectivity index (χ3v) is 11.5. The fourth-order valence-electron chi connectivity index (χ4n) is 5.84. The van der Waals surface area contributed by atoms with Gasteiger partial charge in [-0.05, 0) is 36.3 Å². The van der Waals surface area contributed by atoms with Crippen molar-refractivity contribution in [3.63, 3.8) is 0 Å². The Balaban J connectivity index is 1.44. The molecule has 0 saturated carbocycles. The fourth-order valence-corrected chi connectivity index (χ4v) is 7.54. The largest absolute Gasteiger partial charge is 0.444 e. The van der Waals surface area contributed by atoms with E-state index < -0.39 is 30.3 Å². The van der Waals surface area contributed by atoms with E-state index in [1.807, 2.05) is 79.9 Å². The van der Waals surface area contributed by atoms with E-state index >= 15 is 0 Å². The molecule has 2 aromatic carbocycles. The number of amides is 4. The summed E-state index contributed by atoms with van der Waals surface area (Å²) >= 11 is 3.13. The predicted molar refractivity (Wildman–Crippen MR) is 216 cm³/mol. The van der Waals surface area contributed by atoms with Crippen molar-refractivity contribution < 1.29 is 24.2 Å². The lowest BCUT2D eigenvalue weighted by atomic mass is 9.93. The average molecular weight is 777 g/mol. The molecule has 0 aliphatic rings. The lowest BCUT2D eigenvalue weighted by Gasteiger charge is -2.30. The van der Waals surface area contributed by atoms with E-state index in [4.69, 9.17) is 4.74 Å². The summed E-state index contributed by atoms with van der Waals surface area (Å²) in [4.78, 5) is 51.9. The Morgan fingerprint density at radius 3 is 2.06 bits per heavy atom. The number of aromatic nitrogens is 2. The van der Waals surface area contributed by atoms with Gasteiger partial charge in [0.25, 0.3) is 0 Å². The van der Waals surface area contributed by atoms with Gasteiger partial charge in [0.15, 0.2) is 0 Å². The number of hydrogen-bond donors (Lipinski definition) is 4. The lowest BCUT2D eigenvalue weighted by molar-refractivity contribution is -0.124. The summed E-state index contributed by atoms with van der Waals surface area (Å²) in [5, 5.41) is 24.8. The standard InChI is InChI=1S/C41H56N6O5S2/c1-26(2)36(46-40(50)47(7)19-18-31-25-53-39(44-31)28(5)6)37(49)43-32(20-29-14-10-8-11-15-29)22-35(48)34(21-30-16-12-9-13-17-30)45-41(51)52-24-33-23-42-38(54-33)27(3)4/h8-17,23,25-28,32,34-36,48H,18-22,24H2,1-7H3,(H,43,49)(H,45,51)(H,46,50)/t32-,34-,35-,36-/m0/s1. The van der Waals surface area contributed by atoms with Crippen molar-refractivity contribution in [1.29, 1.82) is 0 Å². The third kappa shape index (κ3) is 13.5. The summed E-state index contributed by atoms with van der Waals surface area (Å²) in [5.41, 5.74) is 2.84. The van der Waals surface area contributed by atoms with Crippen LogP contribution in [-0.2, 0) is 35.4 Å². The molecule has 2 heterocycles. The highest BCUT2D eigenvalue weighted by atomic mass is 32.1. The number of thiazole rings is 2. The van der Waals surface area contributed by atoms with Crippen LogP contribution in [-0.4, -0.2) is 75.8 Å². The van der Waals surface area contributed by atoms with Crippen molar-refractivity contribution >= 4 is 40.7 Å². The Morgan fingerprint density at radius 2 is 1.48 bits per heavy atom. The molecule has 0 aliphatic heterocycles. The van der Waals surface area contributed by atoms with E-state index in [1.54, 1.807) is 29.5 Å². The smallest absolute Gasteiger partial charge is 0.407 e. The monoisotopic (exact) mass is 776 g/mol. The number of aliphatic hydroxyl groups is 1. The van der Waals surface area contributed by atoms with E-state index in [0.29, 0.717) is 31.7 Å². The maximum Gasteiger partial charge on any atom is 0.407 e. The highest BCUT2D eigenvalue weighted by Crippen LogP contribution is 2.22. The minimum atomic E-state index is -1.05. The first-order valence-corrected chi connectivity index (χ1v) is 20.4. The SMILES string of the molecule is CC(C)c1nc(CCN(C)C(=O)N[C@H](C(=O)N[C@@H](Cc2ccccc2)C[C@H](O)[C@H](Cc2ccccc2)NC(=O)OCc2cnc(C(C)C)s2)C(C)C)cs1. The number of alkyl carbamates (subject to hydrolysis) is 1. The Labute approximate surface area is 328 Å². The molecule has 0 saturated heterocycles. The van der Waals surface area contributed by atoms with Crippen LogP contribution >= 0.6 is 22.7 Å². The number of carbonyl (C=O) groups excluding carboxylic acids is 3. The van der Waals surface area contributed by atoms with Gasteiger partial charge in [-0.1, -0.05) is 102 Å². The topological polar surface area (TPSA) is 146 Å². The fraction of sp³-hybridized carbons (Fsp3) is 0.488. The Bertz CT molecular complexity index is 1750. The molecule has 0 aliphatic carbocycles. The van der Waals surface area contributed by atoms with Crippen molar-refractivity contribution in [3.8, 4) is 0 Å². The van der Waals surface area contributed by atoms with Crippen molar-refractivity contribution in [3.05, 3.63) is 104 Å². The first-order chi connectivity index (χ1) is 25.8. The molecule has 0 fully saturated rings. The highest BCUT2D eigenvalue weighted by molar-refractivity contribution is 7.11. The molecule has 2 aromatic heterocycles. The molecule has 4 atom stereocenters. The van der Waals surface area contributed by atoms with Gasteiger partial charge in [-0.3, -0.25) is 4.79 Å². The molecule has 0 unspecified atom stereocenters. The van der Waals surface area contributed by atoms with E-state index in [-0.39, 0.29) is 36.8 Å². The number of nitrogens with one attached hydrogen (secondary N) is 3. The van der Waals surface area contributed by atoms with Crippen molar-refractivity contribution in [2.75, 3.05) is 13.6 Å². The maximum atomic E-state index is 13.9. The summed E-state index contributed by atoms with van der Waals surface area (Å²) in [5.74, 6) is 0.0631. The van der Waals surface area contributed by atoms with Gasteiger partial charge < -0.3 is 30.7 Å². The molecule has 0 radical (unpaired) electrons. The number of aliphatic hydroxyl groups excluding tert-OH is 1. The molecule has 4 amide bonds. The summed E-state index contributed by atoms with van der Waals surface area (Å²) in [6.07, 6.45) is 1.53. The van der Waals surface area contributed by atoms with Crippen molar-refractivity contribution in [2.45, 2.75) is 110 Å². The zero-order valence-corrected chi connectivity index (χ0v) is 34.1. The molecular weight excluding hydrogens is 721 g/mol. The summed E-state index contributed by atoms with van der Waals surface area (Å²) in [7, 11) is 1.71. The van der Waals surface area contributed by atoms with E-state index in [1.165, 1.54) is 11.3 Å². The van der Waals surface area contributed by atoms with Gasteiger partial charge in [-0.15, -0.1) is 22.7 Å². The minimum Gasteiger partial charge on any atom is -0.444 e. The van der Waals surface area contributed by atoms with Crippen LogP contribution < -0.4 is 16.0 Å². The van der Waals surface area contributed by atoms with E-state index in [9.17, 15) is 19.5 Å². The number of likely N-dealkylation sites (N-methyl/N-ethyl adjacent to an activating group) is 1. The van der Waals surface area contributed by atoms with Crippen LogP contribution in [0.4, 0.5) is 9.59 Å². The Morgan fingerprint density at radius 1 is 0.852 bits per heavy atom. The Hall–Kier alpha value is -4.33. The normalized spacial score (nSPS) is 13.7. The van der Waals surface area contributed by atoms with Crippen LogP contribution in [0.25, 0.3) is 0 Å². The molecule has 4 aromatic rings. The van der Waals surface area contributed by atoms with Crippen LogP contribution in [0.15, 0.2) is 72.2 Å². The molecule has 0 bridgehead atoms. The number of urea groups is 1. The second kappa shape index (κ2) is 20.9. The number of benzene rings is 2. The summed E-state index contributed by atoms with van der Waals surface area (Å²) in [6, 6.07) is 16.9. The van der Waals surface area contributed by atoms with Gasteiger partial charge >= 0.3 is 12.1 Å². The molecule has 4 N–H and O–H groups in total. The summed E-state index contributed by atoms with van der Waals surface area (Å²) < 4.78 is 5.56. The number of ether oxygens (including phenoxy) is 1. The van der Waals surface area contributed by atoms with Crippen LogP contribution in [0, 0.1) is 5.92 Å². The molecule has 0 spiro atoms. The lowest BCUT2D eigenvalue weighted by Crippen LogP contribution is -2.56. The minimum absolute atomic E-state index is 0.0680. The van der Waals surface area contributed by atoms with E-state index in [0.717, 1.165) is 31.7 Å². The third-order valence-electron chi connectivity index (χ3n) is 9.02. The summed E-state index contributed by atoms with van der Waals surface area (Å²) in [6.45, 7) is 12.6. The zero-order chi connectivity index (χ0) is 39.2. The van der Waals surface area contributed by atoms with Crippen LogP contribution in [0.1, 0.15) is 91.5 Å². The van der Waals surface area contributed by atoms with Gasteiger partial charge in [0.1, 0.15) is 12.6 Å². The van der Waals surface area contributed by atoms with Crippen molar-refractivity contribution in [1.82, 2.24) is 30.8 Å². The predicted octanol–water partition coefficient (Wildman–Crippen LogP) is 7.07. The molecular formula is C41H56N6O5S2. The Kier molecular flexibility index (Phi) is 16.4. The molecule has 13 heteroatoms. The second-order valence-electron chi connectivity index (χ2n) is 14.7.